The summed E-state index contributed by atoms with van der Waals surface area (Å²) in [5.74, 6) is 0. The lowest BCUT2D eigenvalue weighted by molar-refractivity contribution is 0.317. The molecule has 102 valence electrons. The van der Waals surface area contributed by atoms with Gasteiger partial charge in [0.15, 0.2) is 0 Å². The van der Waals surface area contributed by atoms with E-state index in [2.05, 4.69) is 25.1 Å². The molecular weight excluding hydrogens is 270 g/mol. The van der Waals surface area contributed by atoms with Crippen LogP contribution in [-0.2, 0) is 5.41 Å². The molecule has 0 saturated heterocycles. The van der Waals surface area contributed by atoms with Crippen LogP contribution in [0.15, 0.2) is 47.6 Å². The second-order valence-electron chi connectivity index (χ2n) is 5.85. The van der Waals surface area contributed by atoms with E-state index in [0.717, 1.165) is 33.8 Å². The molecule has 0 heterocycles. The molecule has 3 rings (SSSR count). The van der Waals surface area contributed by atoms with Crippen LogP contribution < -0.4 is 0 Å². The number of nitrogens with zero attached hydrogens (tertiary/aromatic N) is 1. The molecule has 0 spiro atoms. The molecule has 0 amide bonds. The molecule has 3 heteroatoms. The average molecular weight is 286 g/mol. The highest BCUT2D eigenvalue weighted by Gasteiger charge is 2.34. The fourth-order valence-corrected chi connectivity index (χ4v) is 3.16. The number of oxime groups is 1. The van der Waals surface area contributed by atoms with Gasteiger partial charge in [0, 0.05) is 22.6 Å². The fraction of sp³-hybridized carbons (Fsp3) is 0.235. The summed E-state index contributed by atoms with van der Waals surface area (Å²) < 4.78 is 0. The van der Waals surface area contributed by atoms with E-state index in [1.807, 2.05) is 36.4 Å². The van der Waals surface area contributed by atoms with Gasteiger partial charge in [0.05, 0.1) is 5.71 Å². The normalized spacial score (nSPS) is 18.2. The van der Waals surface area contributed by atoms with Gasteiger partial charge in [0.2, 0.25) is 0 Å². The van der Waals surface area contributed by atoms with Gasteiger partial charge in [0.25, 0.3) is 0 Å². The summed E-state index contributed by atoms with van der Waals surface area (Å²) in [6.07, 6.45) is 0.755. The third-order valence-corrected chi connectivity index (χ3v) is 4.30. The van der Waals surface area contributed by atoms with Crippen molar-refractivity contribution in [1.82, 2.24) is 0 Å². The Balaban J connectivity index is 2.18. The minimum Gasteiger partial charge on any atom is -0.411 e. The summed E-state index contributed by atoms with van der Waals surface area (Å²) in [5.41, 5.74) is 5.12. The predicted octanol–water partition coefficient (Wildman–Crippen LogP) is 4.87. The Kier molecular flexibility index (Phi) is 3.06. The SMILES string of the molecule is CC1(C)C/C(=N\O)c2ccc(-c3ccccc3Cl)cc21. The van der Waals surface area contributed by atoms with Crippen LogP contribution in [0.25, 0.3) is 11.1 Å². The molecule has 2 aromatic carbocycles. The minimum atomic E-state index is -0.0197. The van der Waals surface area contributed by atoms with E-state index in [9.17, 15) is 0 Å². The first-order valence-corrected chi connectivity index (χ1v) is 7.01. The summed E-state index contributed by atoms with van der Waals surface area (Å²) in [7, 11) is 0. The zero-order valence-electron chi connectivity index (χ0n) is 11.5. The Labute approximate surface area is 123 Å². The summed E-state index contributed by atoms with van der Waals surface area (Å²) >= 11 is 6.27. The molecule has 0 radical (unpaired) electrons. The summed E-state index contributed by atoms with van der Waals surface area (Å²) in [4.78, 5) is 0. The van der Waals surface area contributed by atoms with E-state index in [-0.39, 0.29) is 5.41 Å². The van der Waals surface area contributed by atoms with Crippen molar-refractivity contribution in [3.63, 3.8) is 0 Å². The van der Waals surface area contributed by atoms with Gasteiger partial charge in [-0.15, -0.1) is 0 Å². The molecule has 0 aromatic heterocycles. The van der Waals surface area contributed by atoms with Gasteiger partial charge in [-0.05, 0) is 28.7 Å². The van der Waals surface area contributed by atoms with Gasteiger partial charge in [-0.1, -0.05) is 60.9 Å². The van der Waals surface area contributed by atoms with Gasteiger partial charge in [-0.3, -0.25) is 0 Å². The molecule has 20 heavy (non-hydrogen) atoms. The Hall–Kier alpha value is -1.80. The summed E-state index contributed by atoms with van der Waals surface area (Å²) in [6.45, 7) is 4.33. The molecule has 0 saturated carbocycles. The van der Waals surface area contributed by atoms with Crippen LogP contribution in [0.2, 0.25) is 5.02 Å². The van der Waals surface area contributed by atoms with Crippen LogP contribution in [0.4, 0.5) is 0 Å². The quantitative estimate of drug-likeness (QED) is 0.588. The lowest BCUT2D eigenvalue weighted by Crippen LogP contribution is -2.12. The van der Waals surface area contributed by atoms with Gasteiger partial charge in [-0.25, -0.2) is 0 Å². The molecule has 0 atom stereocenters. The summed E-state index contributed by atoms with van der Waals surface area (Å²) in [5, 5.41) is 13.3. The molecule has 0 aliphatic heterocycles. The fourth-order valence-electron chi connectivity index (χ4n) is 2.92. The van der Waals surface area contributed by atoms with E-state index in [0.29, 0.717) is 0 Å². The number of hydrogen-bond donors (Lipinski definition) is 1. The van der Waals surface area contributed by atoms with Crippen molar-refractivity contribution in [2.45, 2.75) is 25.7 Å². The van der Waals surface area contributed by atoms with Crippen molar-refractivity contribution in [2.75, 3.05) is 0 Å². The number of halogens is 1. The van der Waals surface area contributed by atoms with Crippen molar-refractivity contribution < 1.29 is 5.21 Å². The standard InChI is InChI=1S/C17H16ClNO/c1-17(2)10-16(19-20)13-8-7-11(9-14(13)17)12-5-3-4-6-15(12)18/h3-9,20H,10H2,1-2H3/b19-16+. The molecule has 1 aliphatic rings. The maximum absolute atomic E-state index is 9.14. The molecule has 0 bridgehead atoms. The monoisotopic (exact) mass is 285 g/mol. The van der Waals surface area contributed by atoms with Crippen molar-refractivity contribution in [1.29, 1.82) is 0 Å². The summed E-state index contributed by atoms with van der Waals surface area (Å²) in [6, 6.07) is 14.1. The first-order valence-electron chi connectivity index (χ1n) is 6.64. The predicted molar refractivity (Wildman–Crippen MR) is 82.9 cm³/mol. The molecule has 1 N–H and O–H groups in total. The Morgan fingerprint density at radius 2 is 1.85 bits per heavy atom. The highest BCUT2D eigenvalue weighted by molar-refractivity contribution is 6.33. The molecule has 2 nitrogen and oxygen atoms in total. The van der Waals surface area contributed by atoms with Crippen LogP contribution in [0.3, 0.4) is 0 Å². The van der Waals surface area contributed by atoms with E-state index in [4.69, 9.17) is 16.8 Å². The first kappa shape index (κ1) is 13.2. The van der Waals surface area contributed by atoms with E-state index < -0.39 is 0 Å². The van der Waals surface area contributed by atoms with Gasteiger partial charge >= 0.3 is 0 Å². The topological polar surface area (TPSA) is 32.6 Å². The van der Waals surface area contributed by atoms with Crippen LogP contribution in [-0.4, -0.2) is 10.9 Å². The largest absolute Gasteiger partial charge is 0.411 e. The number of hydrogen-bond acceptors (Lipinski definition) is 2. The van der Waals surface area contributed by atoms with Gasteiger partial charge in [-0.2, -0.15) is 0 Å². The molecular formula is C17H16ClNO. The molecule has 2 aromatic rings. The van der Waals surface area contributed by atoms with Crippen molar-refractivity contribution in [3.8, 4) is 11.1 Å². The third kappa shape index (κ3) is 2.01. The average Bonchev–Trinajstić information content (AvgIpc) is 2.70. The lowest BCUT2D eigenvalue weighted by Gasteiger charge is -2.19. The highest BCUT2D eigenvalue weighted by Crippen LogP contribution is 2.41. The van der Waals surface area contributed by atoms with Crippen molar-refractivity contribution in [3.05, 3.63) is 58.6 Å². The van der Waals surface area contributed by atoms with Crippen molar-refractivity contribution >= 4 is 17.3 Å². The van der Waals surface area contributed by atoms with Crippen LogP contribution >= 0.6 is 11.6 Å². The smallest absolute Gasteiger partial charge is 0.0879 e. The van der Waals surface area contributed by atoms with E-state index in [1.54, 1.807) is 0 Å². The first-order chi connectivity index (χ1) is 9.53. The molecule has 0 fully saturated rings. The number of rotatable bonds is 1. The van der Waals surface area contributed by atoms with E-state index in [1.165, 1.54) is 5.56 Å². The maximum atomic E-state index is 9.14. The minimum absolute atomic E-state index is 0.0197. The van der Waals surface area contributed by atoms with Crippen molar-refractivity contribution in [2.24, 2.45) is 5.16 Å². The third-order valence-electron chi connectivity index (χ3n) is 3.97. The van der Waals surface area contributed by atoms with Crippen LogP contribution in [0.1, 0.15) is 31.4 Å². The highest BCUT2D eigenvalue weighted by atomic mass is 35.5. The zero-order valence-corrected chi connectivity index (χ0v) is 12.3. The number of benzene rings is 2. The Bertz CT molecular complexity index is 704. The number of fused-ring (bicyclic) bond motifs is 1. The van der Waals surface area contributed by atoms with Crippen LogP contribution in [0.5, 0.6) is 0 Å². The van der Waals surface area contributed by atoms with Gasteiger partial charge in [0.1, 0.15) is 0 Å². The molecule has 1 aliphatic carbocycles. The molecule has 0 unspecified atom stereocenters. The second-order valence-corrected chi connectivity index (χ2v) is 6.25. The van der Waals surface area contributed by atoms with E-state index >= 15 is 0 Å². The Morgan fingerprint density at radius 1 is 1.10 bits per heavy atom. The second kappa shape index (κ2) is 4.64. The Morgan fingerprint density at radius 3 is 2.55 bits per heavy atom. The van der Waals surface area contributed by atoms with Crippen LogP contribution in [0, 0.1) is 0 Å². The van der Waals surface area contributed by atoms with Gasteiger partial charge < -0.3 is 5.21 Å². The lowest BCUT2D eigenvalue weighted by atomic mass is 9.85. The zero-order chi connectivity index (χ0) is 14.3. The maximum Gasteiger partial charge on any atom is 0.0879 e.